The van der Waals surface area contributed by atoms with E-state index in [-0.39, 0.29) is 29.6 Å². The van der Waals surface area contributed by atoms with Crippen molar-refractivity contribution in [1.29, 1.82) is 0 Å². The quantitative estimate of drug-likeness (QED) is 0.218. The molecule has 0 saturated heterocycles. The Kier molecular flexibility index (Phi) is 8.81. The van der Waals surface area contributed by atoms with Gasteiger partial charge in [-0.15, -0.1) is 0 Å². The Morgan fingerprint density at radius 1 is 1.70 bits per heavy atom. The van der Waals surface area contributed by atoms with Crippen molar-refractivity contribution in [2.24, 2.45) is 0 Å². The minimum Gasteiger partial charge on any atom is -0.411 e. The van der Waals surface area contributed by atoms with Gasteiger partial charge in [0, 0.05) is 13.6 Å². The predicted octanol–water partition coefficient (Wildman–Crippen LogP) is -1.67. The van der Waals surface area contributed by atoms with Gasteiger partial charge in [0.2, 0.25) is 0 Å². The maximum absolute atomic E-state index is 4.74. The summed E-state index contributed by atoms with van der Waals surface area (Å²) < 4.78 is 0.498. The fourth-order valence-corrected chi connectivity index (χ4v) is 0.599. The van der Waals surface area contributed by atoms with Crippen LogP contribution in [0.15, 0.2) is 12.2 Å². The van der Waals surface area contributed by atoms with E-state index in [1.54, 1.807) is 0 Å². The van der Waals surface area contributed by atoms with Gasteiger partial charge in [-0.05, 0) is 6.92 Å². The molecular weight excluding hydrogens is 173 g/mol. The summed E-state index contributed by atoms with van der Waals surface area (Å²) in [6.45, 7) is 6.44. The molecule has 0 bridgehead atoms. The molecule has 0 aliphatic rings. The van der Waals surface area contributed by atoms with E-state index in [4.69, 9.17) is 24.8 Å². The SMILES string of the molecule is C=C(C)CN(C)C(=S)[S-].[Na+]. The second-order valence-electron chi connectivity index (χ2n) is 2.08. The van der Waals surface area contributed by atoms with Crippen molar-refractivity contribution in [3.8, 4) is 0 Å². The number of thiocarbonyl (C=S) groups is 1. The zero-order valence-electron chi connectivity index (χ0n) is 6.68. The molecule has 52 valence electrons. The second kappa shape index (κ2) is 6.55. The fourth-order valence-electron chi connectivity index (χ4n) is 0.469. The molecule has 1 nitrogen and oxygen atoms in total. The van der Waals surface area contributed by atoms with Crippen LogP contribution in [0.1, 0.15) is 6.92 Å². The van der Waals surface area contributed by atoms with Crippen LogP contribution < -0.4 is 29.6 Å². The van der Waals surface area contributed by atoms with Crippen molar-refractivity contribution in [3.63, 3.8) is 0 Å². The zero-order chi connectivity index (χ0) is 7.44. The third-order valence-electron chi connectivity index (χ3n) is 0.819. The third kappa shape index (κ3) is 6.96. The molecule has 0 heterocycles. The van der Waals surface area contributed by atoms with Crippen molar-refractivity contribution >= 4 is 29.2 Å². The maximum atomic E-state index is 4.74. The number of hydrogen-bond acceptors (Lipinski definition) is 2. The van der Waals surface area contributed by atoms with Gasteiger partial charge in [-0.3, -0.25) is 0 Å². The van der Waals surface area contributed by atoms with E-state index in [0.717, 1.165) is 12.1 Å². The molecule has 0 atom stereocenters. The number of nitrogens with zero attached hydrogens (tertiary/aromatic N) is 1. The van der Waals surface area contributed by atoms with Crippen LogP contribution in [0, 0.1) is 0 Å². The Balaban J connectivity index is 0. The van der Waals surface area contributed by atoms with Gasteiger partial charge < -0.3 is 29.7 Å². The molecule has 0 spiro atoms. The Hall–Kier alpha value is 0.850. The van der Waals surface area contributed by atoms with Crippen molar-refractivity contribution in [1.82, 2.24) is 4.90 Å². The largest absolute Gasteiger partial charge is 1.00 e. The molecule has 0 rings (SSSR count). The third-order valence-corrected chi connectivity index (χ3v) is 1.44. The average Bonchev–Trinajstić information content (AvgIpc) is 1.63. The molecule has 0 aliphatic heterocycles. The minimum atomic E-state index is 0. The molecular formula is C6H10NNaS2. The molecule has 0 fully saturated rings. The van der Waals surface area contributed by atoms with Gasteiger partial charge in [0.15, 0.2) is 0 Å². The van der Waals surface area contributed by atoms with Gasteiger partial charge in [-0.1, -0.05) is 16.5 Å². The molecule has 0 aromatic rings. The van der Waals surface area contributed by atoms with E-state index < -0.39 is 0 Å². The normalized spacial score (nSPS) is 7.80. The van der Waals surface area contributed by atoms with Crippen LogP contribution in [0.5, 0.6) is 0 Å². The second-order valence-corrected chi connectivity index (χ2v) is 3.11. The maximum Gasteiger partial charge on any atom is 1.00 e. The summed E-state index contributed by atoms with van der Waals surface area (Å²) in [4.78, 5) is 1.81. The monoisotopic (exact) mass is 183 g/mol. The minimum absolute atomic E-state index is 0. The molecule has 0 aromatic heterocycles. The Morgan fingerprint density at radius 2 is 2.10 bits per heavy atom. The first-order chi connectivity index (χ1) is 4.04. The van der Waals surface area contributed by atoms with Gasteiger partial charge in [0.25, 0.3) is 0 Å². The standard InChI is InChI=1S/C6H11NS2.Na/c1-5(2)4-7(3)6(8)9;/h1,4H2,2-3H3,(H,8,9);/q;+1/p-1. The summed E-state index contributed by atoms with van der Waals surface area (Å²) in [6.07, 6.45) is 0. The van der Waals surface area contributed by atoms with Crippen molar-refractivity contribution in [3.05, 3.63) is 12.2 Å². The zero-order valence-corrected chi connectivity index (χ0v) is 10.3. The van der Waals surface area contributed by atoms with Crippen LogP contribution in [-0.2, 0) is 12.6 Å². The molecule has 0 radical (unpaired) electrons. The van der Waals surface area contributed by atoms with E-state index in [2.05, 4.69) is 6.58 Å². The summed E-state index contributed by atoms with van der Waals surface area (Å²) in [5.74, 6) is 0. The summed E-state index contributed by atoms with van der Waals surface area (Å²) in [6, 6.07) is 0. The molecule has 0 aromatic carbocycles. The molecule has 0 aliphatic carbocycles. The predicted molar refractivity (Wildman–Crippen MR) is 47.4 cm³/mol. The fraction of sp³-hybridized carbons (Fsp3) is 0.500. The van der Waals surface area contributed by atoms with Crippen molar-refractivity contribution < 1.29 is 29.6 Å². The molecule has 4 heteroatoms. The number of rotatable bonds is 2. The van der Waals surface area contributed by atoms with Gasteiger partial charge in [-0.25, -0.2) is 0 Å². The first-order valence-electron chi connectivity index (χ1n) is 2.60. The van der Waals surface area contributed by atoms with E-state index in [1.165, 1.54) is 0 Å². The van der Waals surface area contributed by atoms with Gasteiger partial charge in [0.05, 0.1) is 0 Å². The van der Waals surface area contributed by atoms with E-state index in [9.17, 15) is 0 Å². The Labute approximate surface area is 95.6 Å². The van der Waals surface area contributed by atoms with Gasteiger partial charge in [-0.2, -0.15) is 0 Å². The van der Waals surface area contributed by atoms with Gasteiger partial charge in [0.1, 0.15) is 0 Å². The summed E-state index contributed by atoms with van der Waals surface area (Å²) in [5, 5.41) is 0. The average molecular weight is 183 g/mol. The Bertz CT molecular complexity index is 136. The molecule has 0 amide bonds. The summed E-state index contributed by atoms with van der Waals surface area (Å²) in [5.41, 5.74) is 1.07. The first-order valence-corrected chi connectivity index (χ1v) is 3.42. The van der Waals surface area contributed by atoms with E-state index >= 15 is 0 Å². The topological polar surface area (TPSA) is 3.24 Å². The van der Waals surface area contributed by atoms with E-state index in [0.29, 0.717) is 4.32 Å². The Morgan fingerprint density at radius 3 is 2.20 bits per heavy atom. The number of hydrogen-bond donors (Lipinski definition) is 0. The van der Waals surface area contributed by atoms with Gasteiger partial charge >= 0.3 is 29.6 Å². The van der Waals surface area contributed by atoms with Crippen LogP contribution in [0.3, 0.4) is 0 Å². The molecule has 0 unspecified atom stereocenters. The van der Waals surface area contributed by atoms with Crippen molar-refractivity contribution in [2.45, 2.75) is 6.92 Å². The van der Waals surface area contributed by atoms with Crippen LogP contribution >= 0.6 is 12.2 Å². The van der Waals surface area contributed by atoms with Crippen LogP contribution in [-0.4, -0.2) is 22.8 Å². The van der Waals surface area contributed by atoms with Crippen molar-refractivity contribution in [2.75, 3.05) is 13.6 Å². The van der Waals surface area contributed by atoms with Crippen LogP contribution in [0.2, 0.25) is 0 Å². The smallest absolute Gasteiger partial charge is 0.411 e. The number of likely N-dealkylation sites (N-methyl/N-ethyl adjacent to an activating group) is 1. The molecule has 0 saturated carbocycles. The van der Waals surface area contributed by atoms with E-state index in [1.807, 2.05) is 18.9 Å². The first kappa shape index (κ1) is 13.4. The van der Waals surface area contributed by atoms with Crippen LogP contribution in [0.25, 0.3) is 0 Å². The molecule has 10 heavy (non-hydrogen) atoms. The summed E-state index contributed by atoms with van der Waals surface area (Å²) in [7, 11) is 1.87. The van der Waals surface area contributed by atoms with Crippen LogP contribution in [0.4, 0.5) is 0 Å². The summed E-state index contributed by atoms with van der Waals surface area (Å²) >= 11 is 9.47. The molecule has 0 N–H and O–H groups in total.